The predicted octanol–water partition coefficient (Wildman–Crippen LogP) is 2.41. The number of amides is 6. The molecule has 1 saturated carbocycles. The van der Waals surface area contributed by atoms with Crippen LogP contribution in [0.3, 0.4) is 0 Å². The van der Waals surface area contributed by atoms with Gasteiger partial charge in [-0.3, -0.25) is 33.8 Å². The fourth-order valence-electron chi connectivity index (χ4n) is 9.50. The Kier molecular flexibility index (Phi) is 17.5. The number of aromatic amines is 1. The molecule has 0 bridgehead atoms. The highest BCUT2D eigenvalue weighted by molar-refractivity contribution is 5.97. The summed E-state index contributed by atoms with van der Waals surface area (Å²) in [6.07, 6.45) is 9.08. The minimum absolute atomic E-state index is 0.0319. The van der Waals surface area contributed by atoms with Crippen LogP contribution in [0.2, 0.25) is 0 Å². The zero-order valence-corrected chi connectivity index (χ0v) is 37.4. The summed E-state index contributed by atoms with van der Waals surface area (Å²) in [5.41, 5.74) is 13.6. The fraction of sp³-hybridized carbons (Fsp3) is 0.542. The smallest absolute Gasteiger partial charge is 0.245 e. The fourth-order valence-corrected chi connectivity index (χ4v) is 9.50. The maximum Gasteiger partial charge on any atom is 0.245 e. The van der Waals surface area contributed by atoms with Gasteiger partial charge < -0.3 is 52.7 Å². The van der Waals surface area contributed by atoms with Gasteiger partial charge in [-0.25, -0.2) is 0 Å². The van der Waals surface area contributed by atoms with Crippen LogP contribution < -0.4 is 38.1 Å². The van der Waals surface area contributed by atoms with Crippen molar-refractivity contribution in [2.24, 2.45) is 28.3 Å². The Morgan fingerprint density at radius 1 is 0.800 bits per heavy atom. The van der Waals surface area contributed by atoms with Crippen molar-refractivity contribution in [3.63, 3.8) is 0 Å². The molecule has 6 rings (SSSR count). The SMILES string of the molecule is CC(=O)C[C@@H](Cc1ccccc1)C(=O)N[C@H]1CCCNC(=O)[C@H](CCCN=C(N)N)NC(=O)[C@H](Cc2c[nH]c3ccccc23)NC(=O)[C@@H](CC2CCCCC2)NC(=O)[C@@H]2CCCN2C1=O. The zero-order chi connectivity index (χ0) is 46.3. The molecule has 3 aliphatic rings. The zero-order valence-electron chi connectivity index (χ0n) is 37.4. The molecule has 17 nitrogen and oxygen atoms in total. The number of fused-ring (bicyclic) bond motifs is 2. The van der Waals surface area contributed by atoms with Crippen LogP contribution in [0.4, 0.5) is 0 Å². The van der Waals surface area contributed by atoms with Gasteiger partial charge >= 0.3 is 0 Å². The second-order valence-electron chi connectivity index (χ2n) is 17.9. The Morgan fingerprint density at radius 3 is 2.26 bits per heavy atom. The van der Waals surface area contributed by atoms with Crippen LogP contribution >= 0.6 is 0 Å². The van der Waals surface area contributed by atoms with Gasteiger partial charge in [0.1, 0.15) is 36.0 Å². The van der Waals surface area contributed by atoms with Gasteiger partial charge in [-0.2, -0.15) is 0 Å². The molecule has 0 spiro atoms. The number of benzene rings is 2. The van der Waals surface area contributed by atoms with Crippen molar-refractivity contribution < 1.29 is 33.6 Å². The Morgan fingerprint density at radius 2 is 1.51 bits per heavy atom. The number of H-pyrrole nitrogens is 1. The average molecular weight is 895 g/mol. The highest BCUT2D eigenvalue weighted by atomic mass is 16.2. The topological polar surface area (TPSA) is 263 Å². The summed E-state index contributed by atoms with van der Waals surface area (Å²) in [5.74, 6) is -3.91. The number of rotatable bonds is 14. The van der Waals surface area contributed by atoms with Gasteiger partial charge in [-0.15, -0.1) is 0 Å². The summed E-state index contributed by atoms with van der Waals surface area (Å²) in [6, 6.07) is 11.7. The molecule has 1 aliphatic carbocycles. The number of Topliss-reactive ketones (excluding diaryl/α,β-unsaturated/α-hetero) is 1. The molecule has 6 amide bonds. The summed E-state index contributed by atoms with van der Waals surface area (Å²) in [4.78, 5) is 107. The van der Waals surface area contributed by atoms with Crippen LogP contribution in [0, 0.1) is 11.8 Å². The molecule has 65 heavy (non-hydrogen) atoms. The lowest BCUT2D eigenvalue weighted by Crippen LogP contribution is -2.60. The average Bonchev–Trinajstić information content (AvgIpc) is 3.95. The lowest BCUT2D eigenvalue weighted by Gasteiger charge is -2.32. The van der Waals surface area contributed by atoms with Crippen LogP contribution in [0.25, 0.3) is 10.9 Å². The molecule has 3 fully saturated rings. The highest BCUT2D eigenvalue weighted by Gasteiger charge is 2.40. The van der Waals surface area contributed by atoms with Gasteiger partial charge in [0, 0.05) is 55.5 Å². The summed E-state index contributed by atoms with van der Waals surface area (Å²) in [7, 11) is 0. The maximum atomic E-state index is 14.6. The lowest BCUT2D eigenvalue weighted by atomic mass is 9.84. The van der Waals surface area contributed by atoms with Crippen molar-refractivity contribution in [1.82, 2.24) is 36.5 Å². The number of aromatic nitrogens is 1. The molecule has 2 aliphatic heterocycles. The van der Waals surface area contributed by atoms with Gasteiger partial charge in [0.15, 0.2) is 5.96 Å². The molecule has 350 valence electrons. The maximum absolute atomic E-state index is 14.6. The molecule has 17 heteroatoms. The first-order valence-electron chi connectivity index (χ1n) is 23.3. The molecular formula is C48H66N10O7. The first kappa shape index (κ1) is 48.2. The van der Waals surface area contributed by atoms with Crippen LogP contribution in [-0.2, 0) is 46.4 Å². The van der Waals surface area contributed by atoms with Crippen LogP contribution in [-0.4, -0.2) is 107 Å². The van der Waals surface area contributed by atoms with Gasteiger partial charge in [0.05, 0.1) is 0 Å². The lowest BCUT2D eigenvalue weighted by molar-refractivity contribution is -0.143. The largest absolute Gasteiger partial charge is 0.370 e. The van der Waals surface area contributed by atoms with Gasteiger partial charge in [0.25, 0.3) is 0 Å². The molecule has 6 atom stereocenters. The Hall–Kier alpha value is -6.26. The number of carbonyl (C=O) groups excluding carboxylic acids is 7. The summed E-state index contributed by atoms with van der Waals surface area (Å²) in [5, 5.41) is 15.6. The van der Waals surface area contributed by atoms with E-state index in [1.165, 1.54) is 11.8 Å². The van der Waals surface area contributed by atoms with Gasteiger partial charge in [0.2, 0.25) is 35.4 Å². The Bertz CT molecular complexity index is 2170. The van der Waals surface area contributed by atoms with Crippen molar-refractivity contribution in [2.75, 3.05) is 19.6 Å². The molecule has 10 N–H and O–H groups in total. The molecule has 0 radical (unpaired) electrons. The standard InChI is InChI=1S/C48H66N10O7/c1-30(59)25-33(26-31-13-4-2-5-14-31)42(60)55-38-20-11-22-51-43(61)37(19-10-23-52-48(49)50)54-45(63)40(28-34-29-53-36-18-9-8-17-35(34)36)56-44(62)39(27-32-15-6-3-7-16-32)57-46(64)41-21-12-24-58(41)47(38)65/h2,4-5,8-9,13-14,17-18,29,32-33,37-41,53H,3,6-7,10-12,15-16,19-28H2,1H3,(H,51,61)(H,54,63)(H,55,60)(H,56,62)(H,57,64)(H4,49,50,52)/t33-,37-,38-,39+,40-,41-/m0/s1. The van der Waals surface area contributed by atoms with Crippen molar-refractivity contribution in [1.29, 1.82) is 0 Å². The summed E-state index contributed by atoms with van der Waals surface area (Å²) < 4.78 is 0. The summed E-state index contributed by atoms with van der Waals surface area (Å²) in [6.45, 7) is 1.97. The van der Waals surface area contributed by atoms with E-state index in [9.17, 15) is 33.6 Å². The number of hydrogen-bond donors (Lipinski definition) is 8. The first-order chi connectivity index (χ1) is 31.4. The van der Waals surface area contributed by atoms with Crippen LogP contribution in [0.1, 0.15) is 102 Å². The number of para-hydroxylation sites is 1. The monoisotopic (exact) mass is 895 g/mol. The summed E-state index contributed by atoms with van der Waals surface area (Å²) >= 11 is 0. The first-order valence-corrected chi connectivity index (χ1v) is 23.3. The minimum Gasteiger partial charge on any atom is -0.370 e. The van der Waals surface area contributed by atoms with Crippen molar-refractivity contribution in [3.05, 3.63) is 71.9 Å². The Labute approximate surface area is 380 Å². The van der Waals surface area contributed by atoms with Crippen molar-refractivity contribution in [3.8, 4) is 0 Å². The molecule has 2 saturated heterocycles. The van der Waals surface area contributed by atoms with E-state index in [1.807, 2.05) is 54.6 Å². The van der Waals surface area contributed by atoms with Gasteiger partial charge in [-0.1, -0.05) is 80.6 Å². The van der Waals surface area contributed by atoms with E-state index in [0.29, 0.717) is 25.7 Å². The molecule has 0 unspecified atom stereocenters. The molecule has 3 heterocycles. The number of hydrogen-bond acceptors (Lipinski definition) is 8. The van der Waals surface area contributed by atoms with Crippen LogP contribution in [0.15, 0.2) is 65.8 Å². The number of nitrogens with two attached hydrogens (primary N) is 2. The number of guanidine groups is 1. The predicted molar refractivity (Wildman–Crippen MR) is 247 cm³/mol. The number of carbonyl (C=O) groups is 7. The number of aliphatic imine (C=N–C) groups is 1. The Balaban J connectivity index is 1.31. The molecule has 2 aromatic carbocycles. The van der Waals surface area contributed by atoms with E-state index < -0.39 is 71.6 Å². The minimum atomic E-state index is -1.14. The normalized spacial score (nSPS) is 23.5. The number of ketones is 1. The van der Waals surface area contributed by atoms with E-state index in [-0.39, 0.29) is 75.8 Å². The second kappa shape index (κ2) is 23.6. The third kappa shape index (κ3) is 13.9. The van der Waals surface area contributed by atoms with Crippen molar-refractivity contribution >= 4 is 58.1 Å². The quantitative estimate of drug-likeness (QED) is 0.0671. The number of nitrogens with one attached hydrogen (secondary N) is 6. The van der Waals surface area contributed by atoms with Crippen molar-refractivity contribution in [2.45, 2.75) is 133 Å². The van der Waals surface area contributed by atoms with E-state index in [1.54, 1.807) is 6.20 Å². The second-order valence-corrected chi connectivity index (χ2v) is 17.9. The number of nitrogens with zero attached hydrogens (tertiary/aromatic N) is 2. The molecule has 3 aromatic rings. The van der Waals surface area contributed by atoms with E-state index >= 15 is 0 Å². The third-order valence-electron chi connectivity index (χ3n) is 12.9. The highest BCUT2D eigenvalue weighted by Crippen LogP contribution is 2.29. The van der Waals surface area contributed by atoms with Gasteiger partial charge in [-0.05, 0) is 81.4 Å². The van der Waals surface area contributed by atoms with Crippen LogP contribution in [0.5, 0.6) is 0 Å². The van der Waals surface area contributed by atoms with E-state index in [4.69, 9.17) is 11.5 Å². The molecular weight excluding hydrogens is 829 g/mol. The third-order valence-corrected chi connectivity index (χ3v) is 12.9. The molecule has 1 aromatic heterocycles. The van der Waals surface area contributed by atoms with E-state index in [2.05, 4.69) is 36.6 Å². The van der Waals surface area contributed by atoms with E-state index in [0.717, 1.165) is 54.1 Å².